The Morgan fingerprint density at radius 2 is 1.85 bits per heavy atom. The highest BCUT2D eigenvalue weighted by atomic mass is 19.1. The van der Waals surface area contributed by atoms with Crippen LogP contribution in [0.3, 0.4) is 0 Å². The first-order chi connectivity index (χ1) is 16.0. The molecule has 0 unspecified atom stereocenters. The van der Waals surface area contributed by atoms with Crippen molar-refractivity contribution in [2.75, 3.05) is 19.6 Å². The number of benzene rings is 1. The van der Waals surface area contributed by atoms with Crippen LogP contribution in [0.2, 0.25) is 0 Å². The van der Waals surface area contributed by atoms with Gasteiger partial charge in [0.1, 0.15) is 17.3 Å². The molecular formula is C24H22FN5O3. The molecule has 8 nitrogen and oxygen atoms in total. The topological polar surface area (TPSA) is 99.3 Å². The molecule has 1 aromatic carbocycles. The van der Waals surface area contributed by atoms with E-state index in [0.717, 1.165) is 0 Å². The normalized spacial score (nSPS) is 17.7. The summed E-state index contributed by atoms with van der Waals surface area (Å²) in [6.45, 7) is 1.43. The van der Waals surface area contributed by atoms with E-state index in [1.807, 2.05) is 0 Å². The number of carbonyl (C=O) groups excluding carboxylic acids is 2. The number of nitrogens with one attached hydrogen (secondary N) is 1. The predicted molar refractivity (Wildman–Crippen MR) is 117 cm³/mol. The maximum Gasteiger partial charge on any atom is 0.272 e. The minimum atomic E-state index is -0.573. The number of halogens is 1. The Balaban J connectivity index is 1.35. The van der Waals surface area contributed by atoms with Crippen molar-refractivity contribution in [1.29, 1.82) is 0 Å². The third-order valence-corrected chi connectivity index (χ3v) is 6.23. The first-order valence-corrected chi connectivity index (χ1v) is 10.9. The van der Waals surface area contributed by atoms with Crippen LogP contribution in [0.4, 0.5) is 4.39 Å². The van der Waals surface area contributed by atoms with E-state index in [2.05, 4.69) is 15.0 Å². The minimum absolute atomic E-state index is 0.00508. The first kappa shape index (κ1) is 21.0. The molecule has 0 saturated carbocycles. The van der Waals surface area contributed by atoms with Crippen molar-refractivity contribution in [3.05, 3.63) is 93.2 Å². The summed E-state index contributed by atoms with van der Waals surface area (Å²) in [4.78, 5) is 53.2. The van der Waals surface area contributed by atoms with Crippen molar-refractivity contribution >= 4 is 11.8 Å². The number of hydrogen-bond acceptors (Lipinski definition) is 5. The Kier molecular flexibility index (Phi) is 5.45. The molecule has 0 spiro atoms. The number of amides is 2. The molecule has 168 valence electrons. The highest BCUT2D eigenvalue weighted by molar-refractivity contribution is 5.94. The maximum atomic E-state index is 14.1. The Morgan fingerprint density at radius 3 is 2.64 bits per heavy atom. The third-order valence-electron chi connectivity index (χ3n) is 6.23. The number of carbonyl (C=O) groups is 2. The summed E-state index contributed by atoms with van der Waals surface area (Å²) < 4.78 is 14.1. The fourth-order valence-electron chi connectivity index (χ4n) is 4.45. The minimum Gasteiger partial charge on any atom is -0.337 e. The third kappa shape index (κ3) is 4.02. The number of fused-ring (bicyclic) bond motifs is 1. The molecule has 0 radical (unpaired) electrons. The van der Waals surface area contributed by atoms with Gasteiger partial charge in [0.25, 0.3) is 17.4 Å². The molecular weight excluding hydrogens is 425 g/mol. The standard InChI is InChI=1S/C24H22FN5O3/c25-18-6-2-1-5-16(18)23(32)30-12-9-17-20(14-30)27-21(28-22(17)31)15-8-11-29(13-15)24(33)19-7-3-4-10-26-19/h1-7,10,15H,8-9,11-14H2,(H,27,28,31)/t15-/m1/s1. The van der Waals surface area contributed by atoms with Gasteiger partial charge in [-0.15, -0.1) is 0 Å². The van der Waals surface area contributed by atoms with Crippen molar-refractivity contribution in [2.45, 2.75) is 25.3 Å². The smallest absolute Gasteiger partial charge is 0.272 e. The summed E-state index contributed by atoms with van der Waals surface area (Å²) in [6, 6.07) is 11.1. The molecule has 33 heavy (non-hydrogen) atoms. The van der Waals surface area contributed by atoms with Gasteiger partial charge in [0, 0.05) is 37.3 Å². The van der Waals surface area contributed by atoms with Gasteiger partial charge in [0.2, 0.25) is 0 Å². The zero-order valence-electron chi connectivity index (χ0n) is 17.8. The second-order valence-corrected chi connectivity index (χ2v) is 8.28. The number of aromatic amines is 1. The molecule has 1 saturated heterocycles. The van der Waals surface area contributed by atoms with Gasteiger partial charge in [-0.3, -0.25) is 19.4 Å². The molecule has 2 amide bonds. The molecule has 0 aliphatic carbocycles. The predicted octanol–water partition coefficient (Wildman–Crippen LogP) is 2.13. The van der Waals surface area contributed by atoms with Gasteiger partial charge >= 0.3 is 0 Å². The summed E-state index contributed by atoms with van der Waals surface area (Å²) >= 11 is 0. The van der Waals surface area contributed by atoms with Crippen LogP contribution in [0.1, 0.15) is 50.3 Å². The van der Waals surface area contributed by atoms with Crippen molar-refractivity contribution in [1.82, 2.24) is 24.8 Å². The molecule has 4 heterocycles. The van der Waals surface area contributed by atoms with E-state index in [0.29, 0.717) is 55.3 Å². The number of pyridine rings is 1. The van der Waals surface area contributed by atoms with Crippen LogP contribution >= 0.6 is 0 Å². The fraction of sp³-hybridized carbons (Fsp3) is 0.292. The molecule has 9 heteroatoms. The monoisotopic (exact) mass is 447 g/mol. The Morgan fingerprint density at radius 1 is 1.03 bits per heavy atom. The summed E-state index contributed by atoms with van der Waals surface area (Å²) in [5.41, 5.74) is 1.25. The van der Waals surface area contributed by atoms with Crippen LogP contribution in [0, 0.1) is 5.82 Å². The molecule has 2 aromatic heterocycles. The van der Waals surface area contributed by atoms with E-state index < -0.39 is 11.7 Å². The molecule has 1 atom stereocenters. The van der Waals surface area contributed by atoms with Gasteiger partial charge < -0.3 is 14.8 Å². The highest BCUT2D eigenvalue weighted by Gasteiger charge is 2.32. The van der Waals surface area contributed by atoms with E-state index in [9.17, 15) is 18.8 Å². The average Bonchev–Trinajstić information content (AvgIpc) is 3.34. The van der Waals surface area contributed by atoms with Gasteiger partial charge in [-0.2, -0.15) is 0 Å². The lowest BCUT2D eigenvalue weighted by atomic mass is 10.0. The van der Waals surface area contributed by atoms with Crippen molar-refractivity contribution in [3.8, 4) is 0 Å². The van der Waals surface area contributed by atoms with Crippen LogP contribution in [0.25, 0.3) is 0 Å². The Hall–Kier alpha value is -3.88. The molecule has 1 N–H and O–H groups in total. The SMILES string of the molecule is O=C(c1ccccn1)N1CC[C@@H](c2nc3c(c(=O)[nH]2)CCN(C(=O)c2ccccc2F)C3)C1. The van der Waals surface area contributed by atoms with E-state index in [-0.39, 0.29) is 29.5 Å². The molecule has 2 aliphatic heterocycles. The summed E-state index contributed by atoms with van der Waals surface area (Å²) in [5.74, 6) is -0.754. The van der Waals surface area contributed by atoms with Crippen molar-refractivity contribution < 1.29 is 14.0 Å². The molecule has 0 bridgehead atoms. The quantitative estimate of drug-likeness (QED) is 0.663. The van der Waals surface area contributed by atoms with Crippen molar-refractivity contribution in [3.63, 3.8) is 0 Å². The van der Waals surface area contributed by atoms with Crippen LogP contribution in [0.5, 0.6) is 0 Å². The summed E-state index contributed by atoms with van der Waals surface area (Å²) in [5, 5.41) is 0. The van der Waals surface area contributed by atoms with Crippen LogP contribution < -0.4 is 5.56 Å². The fourth-order valence-corrected chi connectivity index (χ4v) is 4.45. The van der Waals surface area contributed by atoms with E-state index in [4.69, 9.17) is 0 Å². The number of likely N-dealkylation sites (tertiary alicyclic amines) is 1. The first-order valence-electron chi connectivity index (χ1n) is 10.9. The van der Waals surface area contributed by atoms with Gasteiger partial charge in [-0.1, -0.05) is 18.2 Å². The molecule has 3 aromatic rings. The Bertz CT molecular complexity index is 1280. The average molecular weight is 447 g/mol. The highest BCUT2D eigenvalue weighted by Crippen LogP contribution is 2.27. The van der Waals surface area contributed by atoms with Gasteiger partial charge in [-0.05, 0) is 37.1 Å². The number of rotatable bonds is 3. The van der Waals surface area contributed by atoms with E-state index >= 15 is 0 Å². The maximum absolute atomic E-state index is 14.1. The van der Waals surface area contributed by atoms with Gasteiger partial charge in [-0.25, -0.2) is 9.37 Å². The van der Waals surface area contributed by atoms with Crippen LogP contribution in [0.15, 0.2) is 53.5 Å². The largest absolute Gasteiger partial charge is 0.337 e. The number of aromatic nitrogens is 3. The lowest BCUT2D eigenvalue weighted by Crippen LogP contribution is -2.40. The number of H-pyrrole nitrogens is 1. The van der Waals surface area contributed by atoms with Crippen LogP contribution in [-0.2, 0) is 13.0 Å². The molecule has 2 aliphatic rings. The van der Waals surface area contributed by atoms with Gasteiger partial charge in [0.05, 0.1) is 17.8 Å². The van der Waals surface area contributed by atoms with E-state index in [1.54, 1.807) is 35.4 Å². The second-order valence-electron chi connectivity index (χ2n) is 8.28. The Labute approximate surface area is 189 Å². The zero-order chi connectivity index (χ0) is 22.9. The number of hydrogen-bond donors (Lipinski definition) is 1. The number of nitrogens with zero attached hydrogens (tertiary/aromatic N) is 4. The van der Waals surface area contributed by atoms with Crippen molar-refractivity contribution in [2.24, 2.45) is 0 Å². The molecule has 5 rings (SSSR count). The second kappa shape index (κ2) is 8.57. The lowest BCUT2D eigenvalue weighted by molar-refractivity contribution is 0.0724. The van der Waals surface area contributed by atoms with Crippen LogP contribution in [-0.4, -0.2) is 56.2 Å². The molecule has 1 fully saturated rings. The lowest BCUT2D eigenvalue weighted by Gasteiger charge is -2.28. The summed E-state index contributed by atoms with van der Waals surface area (Å²) in [6.07, 6.45) is 2.60. The summed E-state index contributed by atoms with van der Waals surface area (Å²) in [7, 11) is 0. The van der Waals surface area contributed by atoms with E-state index in [1.165, 1.54) is 23.1 Å². The zero-order valence-corrected chi connectivity index (χ0v) is 17.8. The van der Waals surface area contributed by atoms with Gasteiger partial charge in [0.15, 0.2) is 0 Å².